The van der Waals surface area contributed by atoms with Gasteiger partial charge in [-0.05, 0) is 43.9 Å². The van der Waals surface area contributed by atoms with E-state index in [1.165, 1.54) is 13.4 Å². The number of methoxy groups -OCH3 is 1. The summed E-state index contributed by atoms with van der Waals surface area (Å²) in [6.45, 7) is 3.90. The summed E-state index contributed by atoms with van der Waals surface area (Å²) in [5.41, 5.74) is 2.01. The highest BCUT2D eigenvalue weighted by atomic mass is 16.7. The van der Waals surface area contributed by atoms with Crippen LogP contribution in [-0.2, 0) is 19.0 Å². The van der Waals surface area contributed by atoms with Gasteiger partial charge in [-0.15, -0.1) is 0 Å². The Kier molecular flexibility index (Phi) is 4.97. The van der Waals surface area contributed by atoms with Crippen molar-refractivity contribution in [1.82, 2.24) is 0 Å². The van der Waals surface area contributed by atoms with Crippen molar-refractivity contribution in [3.63, 3.8) is 0 Å². The molecular weight excluding hydrogens is 324 g/mol. The summed E-state index contributed by atoms with van der Waals surface area (Å²) in [4.78, 5) is 24.0. The molecule has 6 heteroatoms. The van der Waals surface area contributed by atoms with Gasteiger partial charge in [0.05, 0.1) is 13.0 Å². The Morgan fingerprint density at radius 2 is 2.04 bits per heavy atom. The number of aryl methyl sites for hydroxylation is 2. The lowest BCUT2D eigenvalue weighted by molar-refractivity contribution is -0.132. The van der Waals surface area contributed by atoms with Crippen molar-refractivity contribution < 1.29 is 28.5 Å². The highest BCUT2D eigenvalue weighted by Gasteiger charge is 2.42. The predicted octanol–water partition coefficient (Wildman–Crippen LogP) is 3.44. The van der Waals surface area contributed by atoms with E-state index < -0.39 is 6.16 Å². The van der Waals surface area contributed by atoms with Crippen molar-refractivity contribution in [3.05, 3.63) is 41.3 Å². The van der Waals surface area contributed by atoms with Gasteiger partial charge >= 0.3 is 6.16 Å². The molecule has 0 radical (unpaired) electrons. The molecule has 1 aliphatic carbocycles. The Hall–Kier alpha value is -2.50. The number of ketones is 1. The molecule has 3 unspecified atom stereocenters. The lowest BCUT2D eigenvalue weighted by Crippen LogP contribution is -2.43. The number of hydrogen-bond donors (Lipinski definition) is 0. The van der Waals surface area contributed by atoms with E-state index in [0.717, 1.165) is 11.1 Å². The molecule has 2 aliphatic rings. The fourth-order valence-electron chi connectivity index (χ4n) is 3.23. The summed E-state index contributed by atoms with van der Waals surface area (Å²) in [6.07, 6.45) is 1.73. The third-order valence-corrected chi connectivity index (χ3v) is 4.67. The van der Waals surface area contributed by atoms with Crippen LogP contribution in [0, 0.1) is 19.8 Å². The third kappa shape index (κ3) is 3.78. The maximum absolute atomic E-state index is 12.7. The minimum Gasteiger partial charge on any atom is -0.493 e. The molecule has 6 nitrogen and oxygen atoms in total. The molecule has 134 valence electrons. The average molecular weight is 346 g/mol. The van der Waals surface area contributed by atoms with E-state index in [2.05, 4.69) is 4.74 Å². The first-order valence-electron chi connectivity index (χ1n) is 8.37. The first-order chi connectivity index (χ1) is 12.0. The van der Waals surface area contributed by atoms with E-state index >= 15 is 0 Å². The van der Waals surface area contributed by atoms with Crippen LogP contribution >= 0.6 is 0 Å². The van der Waals surface area contributed by atoms with Crippen LogP contribution in [0.25, 0.3) is 0 Å². The topological polar surface area (TPSA) is 71.1 Å². The standard InChI is InChI=1S/C19H22O6/c1-11-4-5-12(2)15(8-11)25-17-10-23-16-9-13(24-19(21)22-3)6-7-14(16)18(17)20/h4-5,8,10,13-14,16H,6-7,9H2,1-3H3. The fourth-order valence-corrected chi connectivity index (χ4v) is 3.23. The van der Waals surface area contributed by atoms with Crippen LogP contribution < -0.4 is 4.74 Å². The summed E-state index contributed by atoms with van der Waals surface area (Å²) in [5, 5.41) is 0. The second-order valence-electron chi connectivity index (χ2n) is 6.51. The molecule has 0 saturated heterocycles. The van der Waals surface area contributed by atoms with Crippen molar-refractivity contribution in [1.29, 1.82) is 0 Å². The van der Waals surface area contributed by atoms with Crippen LogP contribution in [0.1, 0.15) is 30.4 Å². The van der Waals surface area contributed by atoms with E-state index in [1.54, 1.807) is 0 Å². The Labute approximate surface area is 146 Å². The number of Topliss-reactive ketones (excluding diaryl/α,β-unsaturated/α-hetero) is 1. The van der Waals surface area contributed by atoms with Gasteiger partial charge < -0.3 is 18.9 Å². The van der Waals surface area contributed by atoms with E-state index in [4.69, 9.17) is 14.2 Å². The van der Waals surface area contributed by atoms with Crippen molar-refractivity contribution in [2.45, 2.75) is 45.3 Å². The summed E-state index contributed by atoms with van der Waals surface area (Å²) in [6, 6.07) is 5.85. The van der Waals surface area contributed by atoms with Gasteiger partial charge in [-0.25, -0.2) is 4.79 Å². The van der Waals surface area contributed by atoms with Crippen LogP contribution in [-0.4, -0.2) is 31.3 Å². The Morgan fingerprint density at radius 1 is 1.24 bits per heavy atom. The maximum Gasteiger partial charge on any atom is 0.508 e. The number of ether oxygens (including phenoxy) is 4. The molecule has 3 rings (SSSR count). The molecule has 0 N–H and O–H groups in total. The first kappa shape index (κ1) is 17.3. The molecule has 1 fully saturated rings. The second-order valence-corrected chi connectivity index (χ2v) is 6.51. The van der Waals surface area contributed by atoms with Crippen LogP contribution in [0.15, 0.2) is 30.2 Å². The van der Waals surface area contributed by atoms with Crippen LogP contribution in [0.2, 0.25) is 0 Å². The Morgan fingerprint density at radius 3 is 2.80 bits per heavy atom. The number of allylic oxidation sites excluding steroid dienone is 1. The van der Waals surface area contributed by atoms with Crippen molar-refractivity contribution >= 4 is 11.9 Å². The summed E-state index contributed by atoms with van der Waals surface area (Å²) in [7, 11) is 1.27. The number of benzene rings is 1. The van der Waals surface area contributed by atoms with E-state index in [9.17, 15) is 9.59 Å². The van der Waals surface area contributed by atoms with E-state index in [1.807, 2.05) is 32.0 Å². The van der Waals surface area contributed by atoms with Gasteiger partial charge in [0, 0.05) is 6.42 Å². The van der Waals surface area contributed by atoms with Crippen LogP contribution in [0.3, 0.4) is 0 Å². The largest absolute Gasteiger partial charge is 0.508 e. The molecular formula is C19H22O6. The van der Waals surface area contributed by atoms with Gasteiger partial charge in [-0.1, -0.05) is 12.1 Å². The average Bonchev–Trinajstić information content (AvgIpc) is 2.60. The molecule has 1 saturated carbocycles. The second kappa shape index (κ2) is 7.17. The molecule has 1 aromatic rings. The molecule has 0 amide bonds. The maximum atomic E-state index is 12.7. The number of fused-ring (bicyclic) bond motifs is 1. The predicted molar refractivity (Wildman–Crippen MR) is 89.1 cm³/mol. The lowest BCUT2D eigenvalue weighted by atomic mass is 9.80. The van der Waals surface area contributed by atoms with Crippen LogP contribution in [0.5, 0.6) is 5.75 Å². The van der Waals surface area contributed by atoms with E-state index in [-0.39, 0.29) is 29.7 Å². The van der Waals surface area contributed by atoms with Crippen molar-refractivity contribution in [3.8, 4) is 5.75 Å². The SMILES string of the molecule is COC(=O)OC1CCC2C(=O)C(Oc3cc(C)ccc3C)=COC2C1. The molecule has 3 atom stereocenters. The van der Waals surface area contributed by atoms with Gasteiger partial charge in [0.25, 0.3) is 0 Å². The quantitative estimate of drug-likeness (QED) is 0.781. The molecule has 25 heavy (non-hydrogen) atoms. The smallest absolute Gasteiger partial charge is 0.493 e. The van der Waals surface area contributed by atoms with Crippen molar-refractivity contribution in [2.75, 3.05) is 7.11 Å². The number of hydrogen-bond acceptors (Lipinski definition) is 6. The third-order valence-electron chi connectivity index (χ3n) is 4.67. The van der Waals surface area contributed by atoms with Gasteiger partial charge in [0.15, 0.2) is 0 Å². The molecule has 1 aromatic carbocycles. The van der Waals surface area contributed by atoms with Gasteiger partial charge in [0.1, 0.15) is 24.2 Å². The van der Waals surface area contributed by atoms with E-state index in [0.29, 0.717) is 25.0 Å². The minimum atomic E-state index is -0.708. The summed E-state index contributed by atoms with van der Waals surface area (Å²) < 4.78 is 21.2. The highest BCUT2D eigenvalue weighted by molar-refractivity contribution is 5.96. The molecule has 0 bridgehead atoms. The minimum absolute atomic E-state index is 0.0614. The van der Waals surface area contributed by atoms with Crippen molar-refractivity contribution in [2.24, 2.45) is 5.92 Å². The Bertz CT molecular complexity index is 708. The fraction of sp³-hybridized carbons (Fsp3) is 0.474. The monoisotopic (exact) mass is 346 g/mol. The molecule has 0 aromatic heterocycles. The summed E-state index contributed by atoms with van der Waals surface area (Å²) in [5.74, 6) is 0.544. The first-order valence-corrected chi connectivity index (χ1v) is 8.37. The zero-order valence-corrected chi connectivity index (χ0v) is 14.6. The summed E-state index contributed by atoms with van der Waals surface area (Å²) >= 11 is 0. The number of rotatable bonds is 3. The normalized spacial score (nSPS) is 25.3. The lowest BCUT2D eigenvalue weighted by Gasteiger charge is -2.36. The molecule has 0 spiro atoms. The van der Waals surface area contributed by atoms with Gasteiger partial charge in [0.2, 0.25) is 11.5 Å². The zero-order valence-electron chi connectivity index (χ0n) is 14.6. The highest BCUT2D eigenvalue weighted by Crippen LogP contribution is 2.35. The van der Waals surface area contributed by atoms with Gasteiger partial charge in [-0.2, -0.15) is 0 Å². The molecule has 1 aliphatic heterocycles. The van der Waals surface area contributed by atoms with Crippen LogP contribution in [0.4, 0.5) is 4.79 Å². The molecule has 1 heterocycles. The van der Waals surface area contributed by atoms with Gasteiger partial charge in [-0.3, -0.25) is 4.79 Å². The number of carbonyl (C=O) groups excluding carboxylic acids is 2. The Balaban J connectivity index is 1.69. The zero-order chi connectivity index (χ0) is 18.0. The number of carbonyl (C=O) groups is 2.